The zero-order chi connectivity index (χ0) is 24.4. The van der Waals surface area contributed by atoms with E-state index in [1.54, 1.807) is 36.4 Å². The van der Waals surface area contributed by atoms with E-state index in [1.807, 2.05) is 44.2 Å². The zero-order valence-electron chi connectivity index (χ0n) is 19.0. The molecule has 0 aliphatic carbocycles. The van der Waals surface area contributed by atoms with Gasteiger partial charge in [-0.2, -0.15) is 0 Å². The molecule has 0 spiro atoms. The fourth-order valence-corrected chi connectivity index (χ4v) is 4.00. The standard InChI is InChI=1S/C27H23ClN2O4/c1-16-8-11-18(12-9-16)24-20-6-4-5-7-21(20)26(32)30(3)25(24)27(33)34-15-23(31)29-22-14-19(28)13-10-17(22)2/h4-14H,15H2,1-3H3,(H,29,31). The number of nitrogens with zero attached hydrogens (tertiary/aromatic N) is 1. The molecule has 0 radical (unpaired) electrons. The first-order valence-electron chi connectivity index (χ1n) is 10.7. The van der Waals surface area contributed by atoms with Crippen molar-refractivity contribution in [2.24, 2.45) is 7.05 Å². The van der Waals surface area contributed by atoms with Crippen LogP contribution in [0.15, 0.2) is 71.5 Å². The molecule has 0 aliphatic rings. The van der Waals surface area contributed by atoms with E-state index in [2.05, 4.69) is 5.32 Å². The van der Waals surface area contributed by atoms with Gasteiger partial charge in [0.05, 0.1) is 0 Å². The summed E-state index contributed by atoms with van der Waals surface area (Å²) in [7, 11) is 1.53. The van der Waals surface area contributed by atoms with Gasteiger partial charge < -0.3 is 14.6 Å². The van der Waals surface area contributed by atoms with Crippen LogP contribution in [0, 0.1) is 13.8 Å². The SMILES string of the molecule is Cc1ccc(-c2c(C(=O)OCC(=O)Nc3cc(Cl)ccc3C)n(C)c(=O)c3ccccc23)cc1. The lowest BCUT2D eigenvalue weighted by atomic mass is 9.96. The number of benzene rings is 3. The van der Waals surface area contributed by atoms with E-state index in [1.165, 1.54) is 11.6 Å². The summed E-state index contributed by atoms with van der Waals surface area (Å²) < 4.78 is 6.64. The molecule has 34 heavy (non-hydrogen) atoms. The normalized spacial score (nSPS) is 10.8. The van der Waals surface area contributed by atoms with E-state index in [4.69, 9.17) is 16.3 Å². The molecule has 0 aliphatic heterocycles. The first-order chi connectivity index (χ1) is 16.3. The third-order valence-electron chi connectivity index (χ3n) is 5.65. The molecule has 172 valence electrons. The number of hydrogen-bond acceptors (Lipinski definition) is 4. The Hall–Kier alpha value is -3.90. The third-order valence-corrected chi connectivity index (χ3v) is 5.88. The Morgan fingerprint density at radius 3 is 2.35 bits per heavy atom. The summed E-state index contributed by atoms with van der Waals surface area (Å²) in [4.78, 5) is 38.7. The molecule has 4 rings (SSSR count). The number of esters is 1. The largest absolute Gasteiger partial charge is 0.451 e. The third kappa shape index (κ3) is 4.58. The fourth-order valence-electron chi connectivity index (χ4n) is 3.83. The van der Waals surface area contributed by atoms with Crippen molar-refractivity contribution < 1.29 is 14.3 Å². The minimum atomic E-state index is -0.765. The van der Waals surface area contributed by atoms with E-state index in [9.17, 15) is 14.4 Å². The summed E-state index contributed by atoms with van der Waals surface area (Å²) in [5.74, 6) is -1.28. The van der Waals surface area contributed by atoms with Crippen LogP contribution >= 0.6 is 11.6 Å². The van der Waals surface area contributed by atoms with Crippen molar-refractivity contribution in [3.63, 3.8) is 0 Å². The second-order valence-electron chi connectivity index (χ2n) is 8.08. The molecule has 0 unspecified atom stereocenters. The average molecular weight is 475 g/mol. The van der Waals surface area contributed by atoms with Crippen molar-refractivity contribution >= 4 is 39.9 Å². The number of anilines is 1. The Bertz CT molecular complexity index is 1470. The number of halogens is 1. The van der Waals surface area contributed by atoms with Crippen LogP contribution in [0.1, 0.15) is 21.6 Å². The minimum absolute atomic E-state index is 0.0827. The lowest BCUT2D eigenvalue weighted by Gasteiger charge is -2.17. The average Bonchev–Trinajstić information content (AvgIpc) is 2.82. The van der Waals surface area contributed by atoms with Gasteiger partial charge in [0.15, 0.2) is 6.61 Å². The lowest BCUT2D eigenvalue weighted by Crippen LogP contribution is -2.28. The maximum atomic E-state index is 13.2. The van der Waals surface area contributed by atoms with Gasteiger partial charge in [-0.25, -0.2) is 4.79 Å². The molecule has 1 heterocycles. The molecule has 0 fully saturated rings. The van der Waals surface area contributed by atoms with Crippen molar-refractivity contribution in [1.82, 2.24) is 4.57 Å². The number of carbonyl (C=O) groups is 2. The summed E-state index contributed by atoms with van der Waals surface area (Å²) in [5, 5.41) is 4.31. The molecular weight excluding hydrogens is 452 g/mol. The Kier molecular flexibility index (Phi) is 6.52. The molecule has 3 aromatic carbocycles. The van der Waals surface area contributed by atoms with Crippen LogP contribution in [0.3, 0.4) is 0 Å². The van der Waals surface area contributed by atoms with E-state index in [0.717, 1.165) is 16.7 Å². The first kappa shape index (κ1) is 23.3. The minimum Gasteiger partial charge on any atom is -0.451 e. The number of rotatable bonds is 5. The predicted octanol–water partition coefficient (Wildman–Crippen LogP) is 5.27. The number of ether oxygens (including phenoxy) is 1. The number of aromatic nitrogens is 1. The van der Waals surface area contributed by atoms with Gasteiger partial charge in [0.25, 0.3) is 11.5 Å². The van der Waals surface area contributed by atoms with Gasteiger partial charge in [0.2, 0.25) is 0 Å². The summed E-state index contributed by atoms with van der Waals surface area (Å²) >= 11 is 6.00. The zero-order valence-corrected chi connectivity index (χ0v) is 19.8. The van der Waals surface area contributed by atoms with E-state index in [0.29, 0.717) is 27.0 Å². The van der Waals surface area contributed by atoms with Crippen molar-refractivity contribution in [2.75, 3.05) is 11.9 Å². The molecule has 0 saturated carbocycles. The van der Waals surface area contributed by atoms with Crippen molar-refractivity contribution in [1.29, 1.82) is 0 Å². The quantitative estimate of drug-likeness (QED) is 0.400. The van der Waals surface area contributed by atoms with Gasteiger partial charge in [-0.1, -0.05) is 65.7 Å². The van der Waals surface area contributed by atoms with Crippen LogP contribution in [0.2, 0.25) is 5.02 Å². The highest BCUT2D eigenvalue weighted by molar-refractivity contribution is 6.31. The molecule has 1 amide bonds. The van der Waals surface area contributed by atoms with Crippen molar-refractivity contribution in [3.05, 3.63) is 98.9 Å². The summed E-state index contributed by atoms with van der Waals surface area (Å²) in [6.45, 7) is 3.29. The van der Waals surface area contributed by atoms with Crippen LogP contribution in [0.5, 0.6) is 0 Å². The number of hydrogen-bond donors (Lipinski definition) is 1. The second-order valence-corrected chi connectivity index (χ2v) is 8.52. The van der Waals surface area contributed by atoms with Gasteiger partial charge in [-0.3, -0.25) is 9.59 Å². The van der Waals surface area contributed by atoms with Gasteiger partial charge in [-0.05, 0) is 48.6 Å². The molecule has 1 N–H and O–H groups in total. The Labute approximate surface area is 201 Å². The molecule has 0 atom stereocenters. The van der Waals surface area contributed by atoms with E-state index < -0.39 is 18.5 Å². The highest BCUT2D eigenvalue weighted by Gasteiger charge is 2.23. The van der Waals surface area contributed by atoms with Crippen LogP contribution in [-0.2, 0) is 16.6 Å². The summed E-state index contributed by atoms with van der Waals surface area (Å²) in [5.41, 5.74) is 3.53. The van der Waals surface area contributed by atoms with Crippen LogP contribution in [0.4, 0.5) is 5.69 Å². The number of fused-ring (bicyclic) bond motifs is 1. The Balaban J connectivity index is 1.70. The highest BCUT2D eigenvalue weighted by atomic mass is 35.5. The molecular formula is C27H23ClN2O4. The lowest BCUT2D eigenvalue weighted by molar-refractivity contribution is -0.119. The molecule has 7 heteroatoms. The fraction of sp³-hybridized carbons (Fsp3) is 0.148. The smallest absolute Gasteiger partial charge is 0.356 e. The van der Waals surface area contributed by atoms with Crippen LogP contribution < -0.4 is 10.9 Å². The van der Waals surface area contributed by atoms with E-state index in [-0.39, 0.29) is 11.3 Å². The number of aryl methyl sites for hydroxylation is 2. The molecule has 0 bridgehead atoms. The predicted molar refractivity (Wildman–Crippen MR) is 134 cm³/mol. The number of carbonyl (C=O) groups excluding carboxylic acids is 2. The van der Waals surface area contributed by atoms with Gasteiger partial charge in [0, 0.05) is 28.7 Å². The van der Waals surface area contributed by atoms with Crippen LogP contribution in [-0.4, -0.2) is 23.1 Å². The Morgan fingerprint density at radius 2 is 1.65 bits per heavy atom. The summed E-state index contributed by atoms with van der Waals surface area (Å²) in [6.07, 6.45) is 0. The number of pyridine rings is 1. The first-order valence-corrected chi connectivity index (χ1v) is 11.1. The Morgan fingerprint density at radius 1 is 0.971 bits per heavy atom. The number of amides is 1. The van der Waals surface area contributed by atoms with Crippen molar-refractivity contribution in [3.8, 4) is 11.1 Å². The molecule has 4 aromatic rings. The van der Waals surface area contributed by atoms with Gasteiger partial charge in [0.1, 0.15) is 5.69 Å². The van der Waals surface area contributed by atoms with E-state index >= 15 is 0 Å². The van der Waals surface area contributed by atoms with Gasteiger partial charge >= 0.3 is 5.97 Å². The highest BCUT2D eigenvalue weighted by Crippen LogP contribution is 2.31. The summed E-state index contributed by atoms with van der Waals surface area (Å²) in [6, 6.07) is 19.9. The number of nitrogens with one attached hydrogen (secondary N) is 1. The molecule has 0 saturated heterocycles. The monoisotopic (exact) mass is 474 g/mol. The maximum absolute atomic E-state index is 13.2. The maximum Gasteiger partial charge on any atom is 0.356 e. The van der Waals surface area contributed by atoms with Gasteiger partial charge in [-0.15, -0.1) is 0 Å². The molecule has 6 nitrogen and oxygen atoms in total. The van der Waals surface area contributed by atoms with Crippen molar-refractivity contribution in [2.45, 2.75) is 13.8 Å². The van der Waals surface area contributed by atoms with Crippen LogP contribution in [0.25, 0.3) is 21.9 Å². The topological polar surface area (TPSA) is 77.4 Å². The molecule has 1 aromatic heterocycles. The second kappa shape index (κ2) is 9.53.